The highest BCUT2D eigenvalue weighted by Crippen LogP contribution is 2.34. The summed E-state index contributed by atoms with van der Waals surface area (Å²) >= 11 is 0. The van der Waals surface area contributed by atoms with Crippen LogP contribution in [0.15, 0.2) is 70.0 Å². The molecular formula is C20H13F3N2O2. The Morgan fingerprint density at radius 1 is 0.963 bits per heavy atom. The Hall–Kier alpha value is -3.35. The minimum absolute atomic E-state index is 0.0938. The average molecular weight is 370 g/mol. The van der Waals surface area contributed by atoms with Gasteiger partial charge in [-0.1, -0.05) is 47.6 Å². The van der Waals surface area contributed by atoms with Crippen molar-refractivity contribution < 1.29 is 17.7 Å². The standard InChI is InChI=1S/C20H13F3N2O2/c1-25-15(12-6-3-2-4-7-12)11-16-17(19(25)26)18(24-27-16)13-8-5-9-14(10-13)20(21,22)23/h2-11H,1H3. The van der Waals surface area contributed by atoms with Crippen LogP contribution >= 0.6 is 0 Å². The van der Waals surface area contributed by atoms with E-state index >= 15 is 0 Å². The minimum Gasteiger partial charge on any atom is -0.355 e. The van der Waals surface area contributed by atoms with E-state index in [0.29, 0.717) is 5.69 Å². The topological polar surface area (TPSA) is 48.0 Å². The fraction of sp³-hybridized carbons (Fsp3) is 0.100. The SMILES string of the molecule is Cn1c(-c2ccccc2)cc2onc(-c3cccc(C(F)(F)F)c3)c2c1=O. The number of aromatic nitrogens is 2. The molecule has 7 heteroatoms. The number of fused-ring (bicyclic) bond motifs is 1. The van der Waals surface area contributed by atoms with Gasteiger partial charge in [0.05, 0.1) is 11.3 Å². The molecule has 0 aliphatic rings. The summed E-state index contributed by atoms with van der Waals surface area (Å²) < 4.78 is 45.7. The van der Waals surface area contributed by atoms with Gasteiger partial charge in [-0.2, -0.15) is 13.2 Å². The maximum atomic E-state index is 13.0. The second kappa shape index (κ2) is 6.12. The van der Waals surface area contributed by atoms with Crippen LogP contribution in [0.2, 0.25) is 0 Å². The zero-order chi connectivity index (χ0) is 19.2. The molecule has 2 aromatic carbocycles. The third-order valence-corrected chi connectivity index (χ3v) is 4.40. The summed E-state index contributed by atoms with van der Waals surface area (Å²) in [6.45, 7) is 0. The molecule has 0 aliphatic carbocycles. The molecule has 0 N–H and O–H groups in total. The highest BCUT2D eigenvalue weighted by atomic mass is 19.4. The molecule has 2 heterocycles. The molecule has 27 heavy (non-hydrogen) atoms. The molecule has 0 amide bonds. The number of hydrogen-bond donors (Lipinski definition) is 0. The molecule has 4 nitrogen and oxygen atoms in total. The Morgan fingerprint density at radius 3 is 2.37 bits per heavy atom. The summed E-state index contributed by atoms with van der Waals surface area (Å²) in [5.74, 6) is 0. The molecule has 0 atom stereocenters. The van der Waals surface area contributed by atoms with E-state index in [0.717, 1.165) is 17.7 Å². The normalized spacial score (nSPS) is 11.9. The van der Waals surface area contributed by atoms with E-state index in [1.807, 2.05) is 30.3 Å². The lowest BCUT2D eigenvalue weighted by molar-refractivity contribution is -0.137. The molecule has 0 radical (unpaired) electrons. The predicted molar refractivity (Wildman–Crippen MR) is 95.1 cm³/mol. The number of hydrogen-bond acceptors (Lipinski definition) is 3. The van der Waals surface area contributed by atoms with Crippen LogP contribution in [0.5, 0.6) is 0 Å². The molecule has 0 bridgehead atoms. The van der Waals surface area contributed by atoms with Crippen molar-refractivity contribution >= 4 is 11.0 Å². The van der Waals surface area contributed by atoms with Crippen molar-refractivity contribution in [2.24, 2.45) is 7.05 Å². The van der Waals surface area contributed by atoms with Crippen molar-refractivity contribution in [3.8, 4) is 22.5 Å². The minimum atomic E-state index is -4.49. The van der Waals surface area contributed by atoms with E-state index in [4.69, 9.17) is 4.52 Å². The van der Waals surface area contributed by atoms with E-state index in [-0.39, 0.29) is 27.8 Å². The van der Waals surface area contributed by atoms with Crippen LogP contribution < -0.4 is 5.56 Å². The molecule has 4 aromatic rings. The quantitative estimate of drug-likeness (QED) is 0.505. The maximum Gasteiger partial charge on any atom is 0.416 e. The summed E-state index contributed by atoms with van der Waals surface area (Å²) in [6, 6.07) is 15.6. The molecular weight excluding hydrogens is 357 g/mol. The van der Waals surface area contributed by atoms with Crippen molar-refractivity contribution in [2.45, 2.75) is 6.18 Å². The lowest BCUT2D eigenvalue weighted by Crippen LogP contribution is -2.18. The summed E-state index contributed by atoms with van der Waals surface area (Å²) in [5, 5.41) is 4.02. The van der Waals surface area contributed by atoms with E-state index in [2.05, 4.69) is 5.16 Å². The third kappa shape index (κ3) is 2.91. The van der Waals surface area contributed by atoms with Crippen LogP contribution in [0.4, 0.5) is 13.2 Å². The molecule has 0 aliphatic heterocycles. The first-order chi connectivity index (χ1) is 12.9. The lowest BCUT2D eigenvalue weighted by atomic mass is 10.0. The Labute approximate surface area is 151 Å². The summed E-state index contributed by atoms with van der Waals surface area (Å²) in [7, 11) is 1.60. The number of halogens is 3. The number of benzene rings is 2. The highest BCUT2D eigenvalue weighted by Gasteiger charge is 2.31. The van der Waals surface area contributed by atoms with Gasteiger partial charge < -0.3 is 9.09 Å². The number of pyridine rings is 1. The Morgan fingerprint density at radius 2 is 1.67 bits per heavy atom. The fourth-order valence-electron chi connectivity index (χ4n) is 3.03. The van der Waals surface area contributed by atoms with Crippen molar-refractivity contribution in [1.82, 2.24) is 9.72 Å². The first-order valence-corrected chi connectivity index (χ1v) is 8.09. The number of nitrogens with zero attached hydrogens (tertiary/aromatic N) is 2. The van der Waals surface area contributed by atoms with Crippen molar-refractivity contribution in [2.75, 3.05) is 0 Å². The number of rotatable bonds is 2. The molecule has 136 valence electrons. The summed E-state index contributed by atoms with van der Waals surface area (Å²) in [6.07, 6.45) is -4.49. The Bertz CT molecular complexity index is 1190. The molecule has 0 spiro atoms. The number of alkyl halides is 3. The van der Waals surface area contributed by atoms with Crippen LogP contribution in [0, 0.1) is 0 Å². The summed E-state index contributed by atoms with van der Waals surface area (Å²) in [5.41, 5.74) is 0.735. The van der Waals surface area contributed by atoms with Crippen LogP contribution in [-0.2, 0) is 13.2 Å². The lowest BCUT2D eigenvalue weighted by Gasteiger charge is -2.09. The van der Waals surface area contributed by atoms with Gasteiger partial charge in [-0.15, -0.1) is 0 Å². The first-order valence-electron chi connectivity index (χ1n) is 8.09. The van der Waals surface area contributed by atoms with Crippen LogP contribution in [0.25, 0.3) is 33.5 Å². The van der Waals surface area contributed by atoms with Crippen molar-refractivity contribution in [1.29, 1.82) is 0 Å². The van der Waals surface area contributed by atoms with Gasteiger partial charge in [-0.25, -0.2) is 0 Å². The van der Waals surface area contributed by atoms with Crippen molar-refractivity contribution in [3.05, 3.63) is 76.6 Å². The second-order valence-corrected chi connectivity index (χ2v) is 6.11. The molecule has 0 unspecified atom stereocenters. The largest absolute Gasteiger partial charge is 0.416 e. The van der Waals surface area contributed by atoms with Gasteiger partial charge in [0.2, 0.25) is 0 Å². The molecule has 0 fully saturated rings. The zero-order valence-corrected chi connectivity index (χ0v) is 14.1. The van der Waals surface area contributed by atoms with E-state index in [1.165, 1.54) is 16.7 Å². The average Bonchev–Trinajstić information content (AvgIpc) is 3.09. The zero-order valence-electron chi connectivity index (χ0n) is 14.1. The maximum absolute atomic E-state index is 13.0. The molecule has 0 saturated heterocycles. The van der Waals surface area contributed by atoms with Gasteiger partial charge in [0.25, 0.3) is 5.56 Å². The van der Waals surface area contributed by atoms with Crippen LogP contribution in [0.1, 0.15) is 5.56 Å². The molecule has 4 rings (SSSR count). The molecule has 2 aromatic heterocycles. The second-order valence-electron chi connectivity index (χ2n) is 6.11. The summed E-state index contributed by atoms with van der Waals surface area (Å²) in [4.78, 5) is 12.9. The van der Waals surface area contributed by atoms with Gasteiger partial charge in [0, 0.05) is 18.7 Å². The van der Waals surface area contributed by atoms with Gasteiger partial charge in [0.15, 0.2) is 5.58 Å². The van der Waals surface area contributed by atoms with E-state index in [9.17, 15) is 18.0 Å². The van der Waals surface area contributed by atoms with Crippen LogP contribution in [0.3, 0.4) is 0 Å². The highest BCUT2D eigenvalue weighted by molar-refractivity contribution is 5.92. The van der Waals surface area contributed by atoms with Crippen molar-refractivity contribution in [3.63, 3.8) is 0 Å². The molecule has 0 saturated carbocycles. The van der Waals surface area contributed by atoms with Gasteiger partial charge in [-0.05, 0) is 17.7 Å². The van der Waals surface area contributed by atoms with E-state index in [1.54, 1.807) is 13.1 Å². The Balaban J connectivity index is 1.93. The predicted octanol–water partition coefficient (Wildman–Crippen LogP) is 4.88. The van der Waals surface area contributed by atoms with Crippen LogP contribution in [-0.4, -0.2) is 9.72 Å². The third-order valence-electron chi connectivity index (χ3n) is 4.40. The van der Waals surface area contributed by atoms with Gasteiger partial charge in [-0.3, -0.25) is 4.79 Å². The van der Waals surface area contributed by atoms with E-state index < -0.39 is 11.7 Å². The van der Waals surface area contributed by atoms with Gasteiger partial charge >= 0.3 is 6.18 Å². The van der Waals surface area contributed by atoms with Gasteiger partial charge in [0.1, 0.15) is 11.1 Å². The Kier molecular flexibility index (Phi) is 3.87. The fourth-order valence-corrected chi connectivity index (χ4v) is 3.03. The monoisotopic (exact) mass is 370 g/mol. The smallest absolute Gasteiger partial charge is 0.355 e. The first kappa shape index (κ1) is 17.1.